The van der Waals surface area contributed by atoms with Gasteiger partial charge < -0.3 is 10.1 Å². The first-order chi connectivity index (χ1) is 9.01. The van der Waals surface area contributed by atoms with Gasteiger partial charge in [0, 0.05) is 11.4 Å². The summed E-state index contributed by atoms with van der Waals surface area (Å²) in [4.78, 5) is 22.3. The molecule has 2 rings (SSSR count). The number of carbonyl (C=O) groups excluding carboxylic acids is 1. The lowest BCUT2D eigenvalue weighted by Crippen LogP contribution is -2.38. The van der Waals surface area contributed by atoms with Crippen molar-refractivity contribution >= 4 is 27.5 Å². The molecule has 0 aromatic heterocycles. The quantitative estimate of drug-likeness (QED) is 0.510. The average molecular weight is 329 g/mol. The number of hydrogen-bond donors (Lipinski definition) is 1. The number of nitro groups is 1. The second kappa shape index (κ2) is 5.16. The summed E-state index contributed by atoms with van der Waals surface area (Å²) < 4.78 is 5.05. The number of rotatable bonds is 5. The highest BCUT2D eigenvalue weighted by Crippen LogP contribution is 2.37. The summed E-state index contributed by atoms with van der Waals surface area (Å²) in [5, 5.41) is 14.3. The van der Waals surface area contributed by atoms with Gasteiger partial charge in [0.05, 0.1) is 29.2 Å². The van der Waals surface area contributed by atoms with E-state index < -0.39 is 4.92 Å². The van der Waals surface area contributed by atoms with E-state index in [1.165, 1.54) is 25.3 Å². The molecule has 0 saturated heterocycles. The fraction of sp³-hybridized carbons (Fsp3) is 0.417. The van der Waals surface area contributed by atoms with Gasteiger partial charge in [-0.25, -0.2) is 0 Å². The fourth-order valence-corrected chi connectivity index (χ4v) is 2.43. The molecule has 0 spiro atoms. The number of benzene rings is 1. The van der Waals surface area contributed by atoms with Crippen LogP contribution in [0.4, 0.5) is 5.69 Å². The molecule has 102 valence electrons. The highest BCUT2D eigenvalue weighted by Gasteiger charge is 2.43. The second-order valence-electron chi connectivity index (χ2n) is 4.51. The normalized spacial score (nSPS) is 15.7. The minimum atomic E-state index is -0.523. The Kier molecular flexibility index (Phi) is 3.75. The van der Waals surface area contributed by atoms with Crippen LogP contribution in [0.15, 0.2) is 18.2 Å². The van der Waals surface area contributed by atoms with Crippen molar-refractivity contribution in [3.63, 3.8) is 0 Å². The summed E-state index contributed by atoms with van der Waals surface area (Å²) in [5.41, 5.74) is 0.0273. The zero-order valence-electron chi connectivity index (χ0n) is 10.3. The highest BCUT2D eigenvalue weighted by atomic mass is 79.9. The van der Waals surface area contributed by atoms with Gasteiger partial charge in [0.1, 0.15) is 5.75 Å². The molecule has 6 nitrogen and oxygen atoms in total. The van der Waals surface area contributed by atoms with E-state index in [1.807, 2.05) is 0 Å². The predicted molar refractivity (Wildman–Crippen MR) is 72.9 cm³/mol. The summed E-state index contributed by atoms with van der Waals surface area (Å²) in [6, 6.07) is 3.96. The molecule has 0 heterocycles. The standard InChI is InChI=1S/C12H13BrN2O4/c1-19-10-6-8(15(17)18)2-3-9(10)11(16)14-12(7-13)4-5-12/h2-3,6H,4-5,7H2,1H3,(H,14,16). The van der Waals surface area contributed by atoms with Gasteiger partial charge in [-0.2, -0.15) is 0 Å². The van der Waals surface area contributed by atoms with E-state index in [4.69, 9.17) is 4.74 Å². The Hall–Kier alpha value is -1.63. The third kappa shape index (κ3) is 2.86. The first kappa shape index (κ1) is 13.8. The van der Waals surface area contributed by atoms with Gasteiger partial charge in [-0.15, -0.1) is 0 Å². The van der Waals surface area contributed by atoms with Crippen molar-refractivity contribution < 1.29 is 14.5 Å². The van der Waals surface area contributed by atoms with Gasteiger partial charge >= 0.3 is 0 Å². The maximum Gasteiger partial charge on any atom is 0.273 e. The van der Waals surface area contributed by atoms with Crippen LogP contribution < -0.4 is 10.1 Å². The molecule has 0 unspecified atom stereocenters. The third-order valence-corrected chi connectivity index (χ3v) is 4.20. The number of nitrogens with one attached hydrogen (secondary N) is 1. The van der Waals surface area contributed by atoms with Gasteiger partial charge in [-0.3, -0.25) is 14.9 Å². The lowest BCUT2D eigenvalue weighted by Gasteiger charge is -2.15. The first-order valence-corrected chi connectivity index (χ1v) is 6.84. The smallest absolute Gasteiger partial charge is 0.273 e. The van der Waals surface area contributed by atoms with Gasteiger partial charge in [0.15, 0.2) is 0 Å². The van der Waals surface area contributed by atoms with Crippen molar-refractivity contribution in [1.29, 1.82) is 0 Å². The molecule has 1 fully saturated rings. The summed E-state index contributed by atoms with van der Waals surface area (Å²) in [5.74, 6) is -0.0687. The van der Waals surface area contributed by atoms with E-state index in [-0.39, 0.29) is 22.9 Å². The minimum absolute atomic E-state index is 0.102. The van der Waals surface area contributed by atoms with Crippen LogP contribution >= 0.6 is 15.9 Å². The summed E-state index contributed by atoms with van der Waals surface area (Å²) in [6.45, 7) is 0. The molecule has 1 aromatic carbocycles. The van der Waals surface area contributed by atoms with Crippen LogP contribution in [-0.4, -0.2) is 28.8 Å². The molecule has 0 radical (unpaired) electrons. The Balaban J connectivity index is 2.24. The molecule has 1 aliphatic carbocycles. The number of amides is 1. The molecule has 7 heteroatoms. The number of nitrogens with zero attached hydrogens (tertiary/aromatic N) is 1. The van der Waals surface area contributed by atoms with Crippen molar-refractivity contribution in [2.75, 3.05) is 12.4 Å². The fourth-order valence-electron chi connectivity index (χ4n) is 1.73. The Morgan fingerprint density at radius 2 is 2.26 bits per heavy atom. The predicted octanol–water partition coefficient (Wildman–Crippen LogP) is 2.26. The van der Waals surface area contributed by atoms with Crippen LogP contribution in [-0.2, 0) is 0 Å². The van der Waals surface area contributed by atoms with Gasteiger partial charge in [-0.05, 0) is 18.9 Å². The van der Waals surface area contributed by atoms with Crippen LogP contribution in [0, 0.1) is 10.1 Å². The van der Waals surface area contributed by atoms with E-state index in [9.17, 15) is 14.9 Å². The first-order valence-electron chi connectivity index (χ1n) is 5.72. The van der Waals surface area contributed by atoms with E-state index in [2.05, 4.69) is 21.2 Å². The summed E-state index contributed by atoms with van der Waals surface area (Å²) in [7, 11) is 1.38. The molecule has 1 amide bonds. The van der Waals surface area contributed by atoms with Crippen molar-refractivity contribution in [2.45, 2.75) is 18.4 Å². The van der Waals surface area contributed by atoms with Crippen LogP contribution in [0.1, 0.15) is 23.2 Å². The molecular formula is C12H13BrN2O4. The number of carbonyl (C=O) groups is 1. The van der Waals surface area contributed by atoms with Gasteiger partial charge in [0.25, 0.3) is 11.6 Å². The lowest BCUT2D eigenvalue weighted by molar-refractivity contribution is -0.384. The molecule has 0 atom stereocenters. The molecule has 0 aliphatic heterocycles. The van der Waals surface area contributed by atoms with Gasteiger partial charge in [0.2, 0.25) is 0 Å². The highest BCUT2D eigenvalue weighted by molar-refractivity contribution is 9.09. The van der Waals surface area contributed by atoms with E-state index in [0.717, 1.165) is 12.8 Å². The van der Waals surface area contributed by atoms with Crippen LogP contribution in [0.2, 0.25) is 0 Å². The topological polar surface area (TPSA) is 81.5 Å². The Bertz CT molecular complexity index is 528. The number of nitro benzene ring substituents is 1. The number of alkyl halides is 1. The molecule has 1 N–H and O–H groups in total. The maximum atomic E-state index is 12.1. The zero-order chi connectivity index (χ0) is 14.0. The molecule has 1 aromatic rings. The van der Waals surface area contributed by atoms with E-state index >= 15 is 0 Å². The van der Waals surface area contributed by atoms with Crippen molar-refractivity contribution in [3.8, 4) is 5.75 Å². The molecule has 1 saturated carbocycles. The number of hydrogen-bond acceptors (Lipinski definition) is 4. The number of methoxy groups -OCH3 is 1. The van der Waals surface area contributed by atoms with Crippen molar-refractivity contribution in [1.82, 2.24) is 5.32 Å². The third-order valence-electron chi connectivity index (χ3n) is 3.13. The number of halogens is 1. The van der Waals surface area contributed by atoms with Crippen LogP contribution in [0.3, 0.4) is 0 Å². The Morgan fingerprint density at radius 1 is 1.58 bits per heavy atom. The molecular weight excluding hydrogens is 316 g/mol. The zero-order valence-corrected chi connectivity index (χ0v) is 11.9. The number of non-ortho nitro benzene ring substituents is 1. The summed E-state index contributed by atoms with van der Waals surface area (Å²) >= 11 is 3.37. The van der Waals surface area contributed by atoms with Crippen LogP contribution in [0.5, 0.6) is 5.75 Å². The largest absolute Gasteiger partial charge is 0.496 e. The maximum absolute atomic E-state index is 12.1. The Labute approximate surface area is 118 Å². The molecule has 19 heavy (non-hydrogen) atoms. The average Bonchev–Trinajstić information content (AvgIpc) is 3.18. The SMILES string of the molecule is COc1cc([N+](=O)[O-])ccc1C(=O)NC1(CBr)CC1. The summed E-state index contributed by atoms with van der Waals surface area (Å²) in [6.07, 6.45) is 1.86. The lowest BCUT2D eigenvalue weighted by atomic mass is 10.1. The second-order valence-corrected chi connectivity index (χ2v) is 5.07. The van der Waals surface area contributed by atoms with Gasteiger partial charge in [-0.1, -0.05) is 15.9 Å². The monoisotopic (exact) mass is 328 g/mol. The van der Waals surface area contributed by atoms with Crippen molar-refractivity contribution in [3.05, 3.63) is 33.9 Å². The number of ether oxygens (including phenoxy) is 1. The van der Waals surface area contributed by atoms with Crippen molar-refractivity contribution in [2.24, 2.45) is 0 Å². The van der Waals surface area contributed by atoms with E-state index in [0.29, 0.717) is 10.9 Å². The Morgan fingerprint density at radius 3 is 2.74 bits per heavy atom. The molecule has 0 bridgehead atoms. The van der Waals surface area contributed by atoms with E-state index in [1.54, 1.807) is 0 Å². The molecule has 1 aliphatic rings. The minimum Gasteiger partial charge on any atom is -0.496 e. The van der Waals surface area contributed by atoms with Crippen LogP contribution in [0.25, 0.3) is 0 Å².